The molecule has 1 aliphatic heterocycles. The molecule has 0 spiro atoms. The second-order valence-electron chi connectivity index (χ2n) is 5.98. The Morgan fingerprint density at radius 3 is 2.95 bits per heavy atom. The molecule has 19 heavy (non-hydrogen) atoms. The van der Waals surface area contributed by atoms with E-state index in [-0.39, 0.29) is 0 Å². The van der Waals surface area contributed by atoms with Crippen LogP contribution in [-0.4, -0.2) is 44.2 Å². The minimum Gasteiger partial charge on any atom is -0.383 e. The topological polar surface area (TPSA) is 27.3 Å². The molecule has 3 heteroatoms. The Kier molecular flexibility index (Phi) is 4.04. The Morgan fingerprint density at radius 2 is 2.11 bits per heavy atom. The molecule has 2 aliphatic rings. The molecule has 0 radical (unpaired) electrons. The van der Waals surface area contributed by atoms with Crippen LogP contribution in [-0.2, 0) is 12.8 Å². The van der Waals surface area contributed by atoms with Crippen LogP contribution < -0.4 is 10.6 Å². The number of hydrogen-bond acceptors (Lipinski definition) is 3. The van der Waals surface area contributed by atoms with Gasteiger partial charge in [-0.25, -0.2) is 0 Å². The Morgan fingerprint density at radius 1 is 1.26 bits per heavy atom. The van der Waals surface area contributed by atoms with E-state index in [1.807, 2.05) is 0 Å². The summed E-state index contributed by atoms with van der Waals surface area (Å²) in [5.41, 5.74) is 4.41. The second kappa shape index (κ2) is 5.93. The molecular weight excluding hydrogens is 234 g/mol. The van der Waals surface area contributed by atoms with Crippen molar-refractivity contribution in [1.82, 2.24) is 10.2 Å². The third-order valence-electron chi connectivity index (χ3n) is 4.36. The maximum atomic E-state index is 3.60. The molecule has 3 rings (SSSR count). The van der Waals surface area contributed by atoms with Crippen molar-refractivity contribution in [2.24, 2.45) is 0 Å². The van der Waals surface area contributed by atoms with Crippen LogP contribution in [0.2, 0.25) is 0 Å². The van der Waals surface area contributed by atoms with Crippen LogP contribution in [0.15, 0.2) is 18.2 Å². The molecule has 1 aliphatic carbocycles. The molecule has 1 aromatic rings. The van der Waals surface area contributed by atoms with Gasteiger partial charge < -0.3 is 15.5 Å². The third-order valence-corrected chi connectivity index (χ3v) is 4.36. The fourth-order valence-corrected chi connectivity index (χ4v) is 3.21. The van der Waals surface area contributed by atoms with Crippen LogP contribution in [0.3, 0.4) is 0 Å². The monoisotopic (exact) mass is 259 g/mol. The summed E-state index contributed by atoms with van der Waals surface area (Å²) in [5, 5.41) is 7.17. The Hall–Kier alpha value is -1.06. The molecule has 104 valence electrons. The molecule has 0 amide bonds. The predicted molar refractivity (Wildman–Crippen MR) is 80.9 cm³/mol. The van der Waals surface area contributed by atoms with Crippen molar-refractivity contribution in [3.8, 4) is 0 Å². The minimum absolute atomic E-state index is 0.565. The van der Waals surface area contributed by atoms with Crippen LogP contribution in [0, 0.1) is 0 Å². The molecule has 0 aromatic heterocycles. The number of piperazine rings is 1. The van der Waals surface area contributed by atoms with Gasteiger partial charge in [-0.3, -0.25) is 0 Å². The highest BCUT2D eigenvalue weighted by atomic mass is 15.2. The van der Waals surface area contributed by atoms with Crippen LogP contribution in [0.25, 0.3) is 0 Å². The first kappa shape index (κ1) is 12.9. The number of nitrogens with zero attached hydrogens (tertiary/aromatic N) is 1. The second-order valence-corrected chi connectivity index (χ2v) is 5.98. The lowest BCUT2D eigenvalue weighted by atomic mass is 9.91. The van der Waals surface area contributed by atoms with Gasteiger partial charge in [-0.15, -0.1) is 0 Å². The lowest BCUT2D eigenvalue weighted by molar-refractivity contribution is 0.244. The summed E-state index contributed by atoms with van der Waals surface area (Å²) in [6.45, 7) is 4.42. The van der Waals surface area contributed by atoms with E-state index in [9.17, 15) is 0 Å². The van der Waals surface area contributed by atoms with Gasteiger partial charge in [-0.2, -0.15) is 0 Å². The van der Waals surface area contributed by atoms with Crippen molar-refractivity contribution in [3.05, 3.63) is 29.3 Å². The van der Waals surface area contributed by atoms with E-state index >= 15 is 0 Å². The van der Waals surface area contributed by atoms with Crippen molar-refractivity contribution in [2.75, 3.05) is 38.5 Å². The zero-order chi connectivity index (χ0) is 13.1. The fraction of sp³-hybridized carbons (Fsp3) is 0.625. The van der Waals surface area contributed by atoms with E-state index in [1.54, 1.807) is 11.1 Å². The maximum absolute atomic E-state index is 3.60. The van der Waals surface area contributed by atoms with E-state index < -0.39 is 0 Å². The molecule has 2 N–H and O–H groups in total. The molecule has 1 fully saturated rings. The highest BCUT2D eigenvalue weighted by Gasteiger charge is 2.16. The zero-order valence-corrected chi connectivity index (χ0v) is 11.9. The SMILES string of the molecule is CN1CCNC(CNc2ccc3c(c2)CCCC3)C1. The van der Waals surface area contributed by atoms with Crippen LogP contribution in [0.5, 0.6) is 0 Å². The lowest BCUT2D eigenvalue weighted by Crippen LogP contribution is -2.51. The first-order valence-corrected chi connectivity index (χ1v) is 7.59. The van der Waals surface area contributed by atoms with Gasteiger partial charge in [0.1, 0.15) is 0 Å². The first-order valence-electron chi connectivity index (χ1n) is 7.59. The standard InChI is InChI=1S/C16H25N3/c1-19-9-8-17-16(12-19)11-18-15-7-6-13-4-2-3-5-14(13)10-15/h6-7,10,16-18H,2-5,8-9,11-12H2,1H3. The Balaban J connectivity index is 1.57. The number of aryl methyl sites for hydroxylation is 2. The number of rotatable bonds is 3. The number of hydrogen-bond donors (Lipinski definition) is 2. The minimum atomic E-state index is 0.565. The summed E-state index contributed by atoms with van der Waals surface area (Å²) in [4.78, 5) is 2.40. The first-order chi connectivity index (χ1) is 9.31. The van der Waals surface area contributed by atoms with E-state index in [0.29, 0.717) is 6.04 Å². The molecule has 1 saturated heterocycles. The highest BCUT2D eigenvalue weighted by molar-refractivity contribution is 5.49. The summed E-state index contributed by atoms with van der Waals surface area (Å²) in [7, 11) is 2.20. The van der Waals surface area contributed by atoms with Gasteiger partial charge in [0.05, 0.1) is 0 Å². The van der Waals surface area contributed by atoms with Crippen molar-refractivity contribution in [2.45, 2.75) is 31.7 Å². The molecule has 1 unspecified atom stereocenters. The van der Waals surface area contributed by atoms with Gasteiger partial charge in [0, 0.05) is 37.9 Å². The van der Waals surface area contributed by atoms with E-state index in [4.69, 9.17) is 0 Å². The van der Waals surface area contributed by atoms with Crippen molar-refractivity contribution in [1.29, 1.82) is 0 Å². The zero-order valence-electron chi connectivity index (χ0n) is 11.9. The Labute approximate surface area is 116 Å². The quantitative estimate of drug-likeness (QED) is 0.868. The molecule has 1 aromatic carbocycles. The van der Waals surface area contributed by atoms with E-state index in [1.165, 1.54) is 31.4 Å². The van der Waals surface area contributed by atoms with Gasteiger partial charge in [-0.05, 0) is 56.0 Å². The highest BCUT2D eigenvalue weighted by Crippen LogP contribution is 2.24. The number of likely N-dealkylation sites (N-methyl/N-ethyl adjacent to an activating group) is 1. The average Bonchev–Trinajstić information content (AvgIpc) is 2.45. The van der Waals surface area contributed by atoms with E-state index in [2.05, 4.69) is 40.8 Å². The van der Waals surface area contributed by atoms with Crippen LogP contribution in [0.4, 0.5) is 5.69 Å². The van der Waals surface area contributed by atoms with Crippen LogP contribution >= 0.6 is 0 Å². The number of anilines is 1. The van der Waals surface area contributed by atoms with Gasteiger partial charge in [0.15, 0.2) is 0 Å². The summed E-state index contributed by atoms with van der Waals surface area (Å²) < 4.78 is 0. The number of nitrogens with one attached hydrogen (secondary N) is 2. The number of benzene rings is 1. The molecule has 1 heterocycles. The lowest BCUT2D eigenvalue weighted by Gasteiger charge is -2.31. The van der Waals surface area contributed by atoms with Gasteiger partial charge in [-0.1, -0.05) is 6.07 Å². The average molecular weight is 259 g/mol. The largest absolute Gasteiger partial charge is 0.383 e. The molecule has 3 nitrogen and oxygen atoms in total. The summed E-state index contributed by atoms with van der Waals surface area (Å²) in [5.74, 6) is 0. The molecule has 1 atom stereocenters. The van der Waals surface area contributed by atoms with E-state index in [0.717, 1.165) is 26.2 Å². The number of fused-ring (bicyclic) bond motifs is 1. The summed E-state index contributed by atoms with van der Waals surface area (Å²) >= 11 is 0. The summed E-state index contributed by atoms with van der Waals surface area (Å²) in [6.07, 6.45) is 5.24. The third kappa shape index (κ3) is 3.28. The molecule has 0 bridgehead atoms. The van der Waals surface area contributed by atoms with Gasteiger partial charge in [0.25, 0.3) is 0 Å². The molecule has 0 saturated carbocycles. The van der Waals surface area contributed by atoms with Crippen molar-refractivity contribution < 1.29 is 0 Å². The Bertz CT molecular complexity index is 430. The van der Waals surface area contributed by atoms with Crippen molar-refractivity contribution in [3.63, 3.8) is 0 Å². The molecular formula is C16H25N3. The van der Waals surface area contributed by atoms with Crippen LogP contribution in [0.1, 0.15) is 24.0 Å². The maximum Gasteiger partial charge on any atom is 0.0369 e. The smallest absolute Gasteiger partial charge is 0.0369 e. The predicted octanol–water partition coefficient (Wildman–Crippen LogP) is 1.88. The summed E-state index contributed by atoms with van der Waals surface area (Å²) in [6, 6.07) is 7.49. The van der Waals surface area contributed by atoms with Gasteiger partial charge in [0.2, 0.25) is 0 Å². The normalized spacial score (nSPS) is 23.9. The fourth-order valence-electron chi connectivity index (χ4n) is 3.21. The van der Waals surface area contributed by atoms with Crippen molar-refractivity contribution >= 4 is 5.69 Å². The van der Waals surface area contributed by atoms with Gasteiger partial charge >= 0.3 is 0 Å².